The van der Waals surface area contributed by atoms with Crippen molar-refractivity contribution in [3.63, 3.8) is 0 Å². The summed E-state index contributed by atoms with van der Waals surface area (Å²) in [4.78, 5) is 27.0. The Labute approximate surface area is 140 Å². The Morgan fingerprint density at radius 1 is 1.38 bits per heavy atom. The molecule has 0 bridgehead atoms. The van der Waals surface area contributed by atoms with E-state index in [1.807, 2.05) is 0 Å². The first-order chi connectivity index (χ1) is 11.5. The summed E-state index contributed by atoms with van der Waals surface area (Å²) in [5.74, 6) is -0.101. The number of aromatic nitrogens is 2. The van der Waals surface area contributed by atoms with E-state index in [1.165, 1.54) is 15.7 Å². The zero-order chi connectivity index (χ0) is 17.3. The van der Waals surface area contributed by atoms with E-state index in [2.05, 4.69) is 10.3 Å². The molecule has 2 aromatic heterocycles. The second kappa shape index (κ2) is 6.28. The predicted molar refractivity (Wildman–Crippen MR) is 89.7 cm³/mol. The standard InChI is InChI=1S/C15H14N4O4S/c1-9(2)12(20)16-10-3-5-11(6-4-10)23-13-14(19(21)22)18-7-8-24-15(18)17-13/h3-9H,1-2H3,(H,16,20). The van der Waals surface area contributed by atoms with Gasteiger partial charge in [0.05, 0.1) is 0 Å². The third-order valence-corrected chi connectivity index (χ3v) is 4.00. The molecule has 124 valence electrons. The Balaban J connectivity index is 1.81. The lowest BCUT2D eigenvalue weighted by atomic mass is 10.2. The van der Waals surface area contributed by atoms with Crippen LogP contribution in [0.5, 0.6) is 11.6 Å². The summed E-state index contributed by atoms with van der Waals surface area (Å²) in [6.45, 7) is 3.60. The number of thiazole rings is 1. The molecule has 0 aliphatic heterocycles. The van der Waals surface area contributed by atoms with Gasteiger partial charge in [-0.25, -0.2) is 0 Å². The van der Waals surface area contributed by atoms with Crippen LogP contribution in [0.1, 0.15) is 13.8 Å². The summed E-state index contributed by atoms with van der Waals surface area (Å²) in [7, 11) is 0. The van der Waals surface area contributed by atoms with Crippen LogP contribution in [0, 0.1) is 16.0 Å². The number of anilines is 1. The SMILES string of the molecule is CC(C)C(=O)Nc1ccc(Oc2nc3sccn3c2[N+](=O)[O-])cc1. The molecule has 0 spiro atoms. The fraction of sp³-hybridized carbons (Fsp3) is 0.200. The molecule has 9 heteroatoms. The molecule has 0 aliphatic carbocycles. The third kappa shape index (κ3) is 3.06. The third-order valence-electron chi connectivity index (χ3n) is 3.24. The van der Waals surface area contributed by atoms with Crippen LogP contribution in [-0.2, 0) is 4.79 Å². The summed E-state index contributed by atoms with van der Waals surface area (Å²) in [6, 6.07) is 6.57. The fourth-order valence-electron chi connectivity index (χ4n) is 1.99. The number of imidazole rings is 1. The van der Waals surface area contributed by atoms with Gasteiger partial charge in [0, 0.05) is 17.0 Å². The minimum absolute atomic E-state index is 0.0641. The number of fused-ring (bicyclic) bond motifs is 1. The molecule has 2 heterocycles. The van der Waals surface area contributed by atoms with Gasteiger partial charge in [0.15, 0.2) is 0 Å². The molecule has 3 aromatic rings. The minimum Gasteiger partial charge on any atom is -0.433 e. The van der Waals surface area contributed by atoms with Crippen molar-refractivity contribution in [1.29, 1.82) is 0 Å². The highest BCUT2D eigenvalue weighted by molar-refractivity contribution is 7.15. The first-order valence-corrected chi connectivity index (χ1v) is 8.02. The number of nitrogens with one attached hydrogen (secondary N) is 1. The summed E-state index contributed by atoms with van der Waals surface area (Å²) >= 11 is 1.28. The lowest BCUT2D eigenvalue weighted by Crippen LogP contribution is -2.17. The maximum atomic E-state index is 11.6. The van der Waals surface area contributed by atoms with E-state index in [4.69, 9.17) is 4.74 Å². The van der Waals surface area contributed by atoms with Crippen LogP contribution in [0.25, 0.3) is 4.96 Å². The summed E-state index contributed by atoms with van der Waals surface area (Å²) < 4.78 is 6.91. The number of benzene rings is 1. The largest absolute Gasteiger partial charge is 0.433 e. The van der Waals surface area contributed by atoms with Gasteiger partial charge in [0.1, 0.15) is 11.9 Å². The van der Waals surface area contributed by atoms with Gasteiger partial charge in [-0.1, -0.05) is 25.2 Å². The molecule has 0 unspecified atom stereocenters. The molecule has 0 saturated carbocycles. The van der Waals surface area contributed by atoms with Crippen LogP contribution in [0.4, 0.5) is 11.5 Å². The molecule has 0 aliphatic rings. The maximum absolute atomic E-state index is 11.6. The van der Waals surface area contributed by atoms with E-state index in [9.17, 15) is 14.9 Å². The normalized spacial score (nSPS) is 11.0. The number of rotatable bonds is 5. The molecule has 8 nitrogen and oxygen atoms in total. The maximum Gasteiger partial charge on any atom is 0.393 e. The van der Waals surface area contributed by atoms with Gasteiger partial charge in [-0.2, -0.15) is 9.38 Å². The Morgan fingerprint density at radius 3 is 2.71 bits per heavy atom. The second-order valence-corrected chi connectivity index (χ2v) is 6.20. The van der Waals surface area contributed by atoms with Crippen LogP contribution in [-0.4, -0.2) is 20.2 Å². The highest BCUT2D eigenvalue weighted by Gasteiger charge is 2.25. The van der Waals surface area contributed by atoms with E-state index in [0.29, 0.717) is 16.4 Å². The molecule has 3 rings (SSSR count). The van der Waals surface area contributed by atoms with E-state index in [0.717, 1.165) is 0 Å². The van der Waals surface area contributed by atoms with Gasteiger partial charge in [-0.3, -0.25) is 4.79 Å². The second-order valence-electron chi connectivity index (χ2n) is 5.32. The van der Waals surface area contributed by atoms with E-state index in [1.54, 1.807) is 49.7 Å². The van der Waals surface area contributed by atoms with Crippen LogP contribution < -0.4 is 10.1 Å². The Kier molecular flexibility index (Phi) is 4.17. The van der Waals surface area contributed by atoms with Crippen molar-refractivity contribution in [2.75, 3.05) is 5.32 Å². The Morgan fingerprint density at radius 2 is 2.08 bits per heavy atom. The molecule has 1 aromatic carbocycles. The van der Waals surface area contributed by atoms with Crippen molar-refractivity contribution in [3.8, 4) is 11.6 Å². The number of nitro groups is 1. The average molecular weight is 346 g/mol. The van der Waals surface area contributed by atoms with Gasteiger partial charge in [-0.15, -0.1) is 0 Å². The molecular weight excluding hydrogens is 332 g/mol. The number of nitrogens with zero attached hydrogens (tertiary/aromatic N) is 3. The van der Waals surface area contributed by atoms with Crippen molar-refractivity contribution in [3.05, 3.63) is 46.0 Å². The fourth-order valence-corrected chi connectivity index (χ4v) is 2.69. The zero-order valence-corrected chi connectivity index (χ0v) is 13.7. The molecule has 1 amide bonds. The lowest BCUT2D eigenvalue weighted by Gasteiger charge is -2.08. The van der Waals surface area contributed by atoms with Crippen molar-refractivity contribution < 1.29 is 14.5 Å². The van der Waals surface area contributed by atoms with Gasteiger partial charge < -0.3 is 20.2 Å². The molecule has 0 radical (unpaired) electrons. The van der Waals surface area contributed by atoms with Crippen LogP contribution >= 0.6 is 11.3 Å². The summed E-state index contributed by atoms with van der Waals surface area (Å²) in [6.07, 6.45) is 1.57. The number of hydrogen-bond donors (Lipinski definition) is 1. The lowest BCUT2D eigenvalue weighted by molar-refractivity contribution is -0.391. The Bertz CT molecular complexity index is 898. The predicted octanol–water partition coefficient (Wildman–Crippen LogP) is 3.69. The molecule has 24 heavy (non-hydrogen) atoms. The first-order valence-electron chi connectivity index (χ1n) is 7.14. The van der Waals surface area contributed by atoms with Crippen LogP contribution in [0.3, 0.4) is 0 Å². The topological polar surface area (TPSA) is 98.8 Å². The van der Waals surface area contributed by atoms with Crippen LogP contribution in [0.2, 0.25) is 0 Å². The molecule has 0 atom stereocenters. The van der Waals surface area contributed by atoms with E-state index >= 15 is 0 Å². The minimum atomic E-state index is -0.528. The molecule has 0 saturated heterocycles. The van der Waals surface area contributed by atoms with Crippen molar-refractivity contribution in [2.45, 2.75) is 13.8 Å². The monoisotopic (exact) mass is 346 g/mol. The van der Waals surface area contributed by atoms with Crippen molar-refractivity contribution in [1.82, 2.24) is 9.38 Å². The Hall–Kier alpha value is -2.94. The quantitative estimate of drug-likeness (QED) is 0.561. The van der Waals surface area contributed by atoms with Gasteiger partial charge >= 0.3 is 11.7 Å². The van der Waals surface area contributed by atoms with E-state index in [-0.39, 0.29) is 23.5 Å². The van der Waals surface area contributed by atoms with E-state index < -0.39 is 4.92 Å². The number of carbonyl (C=O) groups excluding carboxylic acids is 1. The van der Waals surface area contributed by atoms with Gasteiger partial charge in [-0.05, 0) is 29.2 Å². The smallest absolute Gasteiger partial charge is 0.393 e. The average Bonchev–Trinajstić information content (AvgIpc) is 3.09. The molecule has 0 fully saturated rings. The molecular formula is C15H14N4O4S. The van der Waals surface area contributed by atoms with Crippen molar-refractivity contribution >= 4 is 33.7 Å². The van der Waals surface area contributed by atoms with Crippen LogP contribution in [0.15, 0.2) is 35.8 Å². The van der Waals surface area contributed by atoms with Gasteiger partial charge in [0.2, 0.25) is 5.91 Å². The first kappa shape index (κ1) is 15.9. The number of carbonyl (C=O) groups is 1. The summed E-state index contributed by atoms with van der Waals surface area (Å²) in [5.41, 5.74) is 0.626. The van der Waals surface area contributed by atoms with Gasteiger partial charge in [0.25, 0.3) is 4.96 Å². The number of hydrogen-bond acceptors (Lipinski definition) is 6. The number of amides is 1. The molecule has 1 N–H and O–H groups in total. The highest BCUT2D eigenvalue weighted by Crippen LogP contribution is 2.33. The number of ether oxygens (including phenoxy) is 1. The zero-order valence-electron chi connectivity index (χ0n) is 12.9. The highest BCUT2D eigenvalue weighted by atomic mass is 32.1. The van der Waals surface area contributed by atoms with Crippen molar-refractivity contribution in [2.24, 2.45) is 5.92 Å². The summed E-state index contributed by atoms with van der Waals surface area (Å²) in [5, 5.41) is 15.7.